The predicted molar refractivity (Wildman–Crippen MR) is 122 cm³/mol. The van der Waals surface area contributed by atoms with Gasteiger partial charge in [-0.3, -0.25) is 0 Å². The first-order valence-corrected chi connectivity index (χ1v) is 10.3. The van der Waals surface area contributed by atoms with Gasteiger partial charge in [-0.25, -0.2) is 0 Å². The molecule has 0 bridgehead atoms. The fourth-order valence-electron chi connectivity index (χ4n) is 4.28. The van der Waals surface area contributed by atoms with Crippen LogP contribution in [0.5, 0.6) is 0 Å². The third kappa shape index (κ3) is 3.13. The maximum atomic E-state index is 6.63. The van der Waals surface area contributed by atoms with Gasteiger partial charge in [0.15, 0.2) is 0 Å². The van der Waals surface area contributed by atoms with Crippen molar-refractivity contribution in [2.45, 2.75) is 20.3 Å². The Balaban J connectivity index is 1.90. The van der Waals surface area contributed by atoms with Crippen molar-refractivity contribution in [1.82, 2.24) is 0 Å². The highest BCUT2D eigenvalue weighted by atomic mass is 16.3. The Morgan fingerprint density at radius 1 is 0.690 bits per heavy atom. The third-order valence-corrected chi connectivity index (χ3v) is 5.53. The number of rotatable bonds is 4. The maximum Gasteiger partial charge on any atom is 0.139 e. The van der Waals surface area contributed by atoms with Crippen LogP contribution in [-0.4, -0.2) is 0 Å². The van der Waals surface area contributed by atoms with Crippen molar-refractivity contribution in [2.24, 2.45) is 5.92 Å². The number of hydrogen-bond donors (Lipinski definition) is 0. The molecule has 0 atom stereocenters. The molecule has 1 heterocycles. The zero-order valence-electron chi connectivity index (χ0n) is 16.9. The molecule has 2 aliphatic rings. The summed E-state index contributed by atoms with van der Waals surface area (Å²) >= 11 is 0. The van der Waals surface area contributed by atoms with Gasteiger partial charge in [0.1, 0.15) is 11.5 Å². The molecule has 0 amide bonds. The normalized spacial score (nSPS) is 11.6. The zero-order valence-corrected chi connectivity index (χ0v) is 16.9. The van der Waals surface area contributed by atoms with Gasteiger partial charge in [0.2, 0.25) is 0 Å². The summed E-state index contributed by atoms with van der Waals surface area (Å²) in [5, 5.41) is 2.59. The second kappa shape index (κ2) is 7.25. The Labute approximate surface area is 172 Å². The van der Waals surface area contributed by atoms with Gasteiger partial charge >= 0.3 is 0 Å². The predicted octanol–water partition coefficient (Wildman–Crippen LogP) is 8.07. The Morgan fingerprint density at radius 3 is 1.93 bits per heavy atom. The van der Waals surface area contributed by atoms with Crippen LogP contribution in [0.25, 0.3) is 44.5 Å². The lowest BCUT2D eigenvalue weighted by Gasteiger charge is -2.14. The first-order valence-electron chi connectivity index (χ1n) is 10.3. The first-order chi connectivity index (χ1) is 14.2. The number of fused-ring (bicyclic) bond motifs is 3. The Hall–Kier alpha value is -3.32. The average molecular weight is 376 g/mol. The molecule has 3 aromatic rings. The van der Waals surface area contributed by atoms with Gasteiger partial charge in [-0.15, -0.1) is 0 Å². The number of benzene rings is 3. The van der Waals surface area contributed by atoms with Crippen molar-refractivity contribution in [3.8, 4) is 33.8 Å². The molecular weight excluding hydrogens is 352 g/mol. The molecule has 29 heavy (non-hydrogen) atoms. The Kier molecular flexibility index (Phi) is 4.44. The molecule has 1 aliphatic heterocycles. The maximum absolute atomic E-state index is 6.63. The van der Waals surface area contributed by atoms with Crippen LogP contribution in [0.1, 0.15) is 19.4 Å². The van der Waals surface area contributed by atoms with E-state index in [1.54, 1.807) is 0 Å². The van der Waals surface area contributed by atoms with E-state index in [4.69, 9.17) is 4.42 Å². The average Bonchev–Trinajstić information content (AvgIpc) is 3.08. The summed E-state index contributed by atoms with van der Waals surface area (Å²) in [7, 11) is 0. The summed E-state index contributed by atoms with van der Waals surface area (Å²) in [5.41, 5.74) is 6.10. The molecule has 1 heteroatoms. The van der Waals surface area contributed by atoms with E-state index in [-0.39, 0.29) is 0 Å². The summed E-state index contributed by atoms with van der Waals surface area (Å²) in [6.07, 6.45) is 1.000. The summed E-state index contributed by atoms with van der Waals surface area (Å²) < 4.78 is 6.63. The molecule has 0 unspecified atom stereocenters. The molecule has 0 aromatic heterocycles. The van der Waals surface area contributed by atoms with Crippen molar-refractivity contribution in [3.63, 3.8) is 0 Å². The van der Waals surface area contributed by atoms with Crippen molar-refractivity contribution < 1.29 is 4.42 Å². The van der Waals surface area contributed by atoms with Gasteiger partial charge in [0.05, 0.1) is 0 Å². The lowest BCUT2D eigenvalue weighted by atomic mass is 9.95. The van der Waals surface area contributed by atoms with Crippen molar-refractivity contribution >= 4 is 10.8 Å². The van der Waals surface area contributed by atoms with Gasteiger partial charge in [-0.05, 0) is 40.3 Å². The fourth-order valence-corrected chi connectivity index (χ4v) is 4.28. The molecular formula is C28H24O. The van der Waals surface area contributed by atoms with E-state index in [9.17, 15) is 0 Å². The summed E-state index contributed by atoms with van der Waals surface area (Å²) in [6.45, 7) is 4.54. The topological polar surface area (TPSA) is 13.1 Å². The molecule has 0 saturated carbocycles. The van der Waals surface area contributed by atoms with E-state index in [2.05, 4.69) is 98.8 Å². The molecule has 0 spiro atoms. The van der Waals surface area contributed by atoms with Crippen molar-refractivity contribution in [1.29, 1.82) is 0 Å². The van der Waals surface area contributed by atoms with Crippen molar-refractivity contribution in [2.75, 3.05) is 0 Å². The lowest BCUT2D eigenvalue weighted by molar-refractivity contribution is 0.566. The van der Waals surface area contributed by atoms with E-state index >= 15 is 0 Å². The largest absolute Gasteiger partial charge is 0.456 e. The van der Waals surface area contributed by atoms with E-state index in [0.29, 0.717) is 5.92 Å². The Morgan fingerprint density at radius 2 is 1.28 bits per heavy atom. The first kappa shape index (κ1) is 17.8. The van der Waals surface area contributed by atoms with Crippen LogP contribution in [0.15, 0.2) is 95.4 Å². The summed E-state index contributed by atoms with van der Waals surface area (Å²) in [4.78, 5) is 0. The van der Waals surface area contributed by atoms with Gasteiger partial charge < -0.3 is 4.42 Å². The minimum absolute atomic E-state index is 0.555. The SMILES string of the molecule is CC(C)Cc1c2oc(-c3ccccc3)cc(-c3ccccc3)c-2c2ccccc12. The smallest absolute Gasteiger partial charge is 0.139 e. The van der Waals surface area contributed by atoms with Crippen LogP contribution >= 0.6 is 0 Å². The zero-order chi connectivity index (χ0) is 19.8. The molecule has 0 radical (unpaired) electrons. The molecule has 1 aliphatic carbocycles. The van der Waals surface area contributed by atoms with E-state index in [0.717, 1.165) is 23.5 Å². The van der Waals surface area contributed by atoms with Gasteiger partial charge in [0.25, 0.3) is 0 Å². The standard InChI is InChI=1S/C28H24O/c1-19(2)17-25-22-15-9-10-16-23(22)27-24(20-11-5-3-6-12-20)18-26(29-28(25)27)21-13-7-4-8-14-21/h3-16,18-19H,17H2,1-2H3. The molecule has 0 fully saturated rings. The summed E-state index contributed by atoms with van der Waals surface area (Å²) in [5.74, 6) is 2.50. The number of hydrogen-bond acceptors (Lipinski definition) is 1. The van der Waals surface area contributed by atoms with Crippen LogP contribution in [0, 0.1) is 5.92 Å². The quantitative estimate of drug-likeness (QED) is 0.309. The minimum Gasteiger partial charge on any atom is -0.456 e. The van der Waals surface area contributed by atoms with Crippen LogP contribution in [-0.2, 0) is 6.42 Å². The van der Waals surface area contributed by atoms with E-state index in [1.165, 1.54) is 33.0 Å². The van der Waals surface area contributed by atoms with Crippen LogP contribution in [0.2, 0.25) is 0 Å². The van der Waals surface area contributed by atoms with Crippen LogP contribution < -0.4 is 0 Å². The fraction of sp³-hybridized carbons (Fsp3) is 0.143. The van der Waals surface area contributed by atoms with Crippen LogP contribution in [0.4, 0.5) is 0 Å². The lowest BCUT2D eigenvalue weighted by Crippen LogP contribution is -1.95. The highest BCUT2D eigenvalue weighted by Crippen LogP contribution is 2.47. The second-order valence-electron chi connectivity index (χ2n) is 8.08. The summed E-state index contributed by atoms with van der Waals surface area (Å²) in [6, 6.07) is 32.0. The van der Waals surface area contributed by atoms with Crippen LogP contribution in [0.3, 0.4) is 0 Å². The highest BCUT2D eigenvalue weighted by Gasteiger charge is 2.25. The van der Waals surface area contributed by atoms with Gasteiger partial charge in [-0.1, -0.05) is 98.8 Å². The van der Waals surface area contributed by atoms with E-state index < -0.39 is 0 Å². The molecule has 5 rings (SSSR count). The molecule has 3 aromatic carbocycles. The highest BCUT2D eigenvalue weighted by molar-refractivity contribution is 6.09. The van der Waals surface area contributed by atoms with E-state index in [1.807, 2.05) is 6.07 Å². The molecule has 0 saturated heterocycles. The van der Waals surface area contributed by atoms with Gasteiger partial charge in [0, 0.05) is 16.7 Å². The molecule has 0 N–H and O–H groups in total. The molecule has 142 valence electrons. The van der Waals surface area contributed by atoms with Crippen molar-refractivity contribution in [3.05, 3.63) is 96.6 Å². The minimum atomic E-state index is 0.555. The third-order valence-electron chi connectivity index (χ3n) is 5.53. The second-order valence-corrected chi connectivity index (χ2v) is 8.08. The van der Waals surface area contributed by atoms with Gasteiger partial charge in [-0.2, -0.15) is 0 Å². The monoisotopic (exact) mass is 376 g/mol. The Bertz CT molecular complexity index is 1230. The molecule has 1 nitrogen and oxygen atoms in total.